The van der Waals surface area contributed by atoms with Crippen molar-refractivity contribution in [1.82, 2.24) is 10.3 Å². The SMILES string of the molecule is CCCC(CN)C(=O)N[C@H](C)c1ccncc1. The second-order valence-electron chi connectivity index (χ2n) is 4.23. The lowest BCUT2D eigenvalue weighted by Crippen LogP contribution is -2.36. The highest BCUT2D eigenvalue weighted by Gasteiger charge is 2.17. The standard InChI is InChI=1S/C13H21N3O/c1-3-4-12(9-14)13(17)16-10(2)11-5-7-15-8-6-11/h5-8,10,12H,3-4,9,14H2,1-2H3,(H,16,17)/t10-,12?/m1/s1. The molecule has 94 valence electrons. The molecular formula is C13H21N3O. The molecular weight excluding hydrogens is 214 g/mol. The molecule has 0 spiro atoms. The Morgan fingerprint density at radius 2 is 2.12 bits per heavy atom. The summed E-state index contributed by atoms with van der Waals surface area (Å²) in [4.78, 5) is 15.9. The first kappa shape index (κ1) is 13.6. The van der Waals surface area contributed by atoms with Crippen LogP contribution in [0.1, 0.15) is 38.3 Å². The fourth-order valence-corrected chi connectivity index (χ4v) is 1.77. The topological polar surface area (TPSA) is 68.0 Å². The molecule has 0 saturated carbocycles. The smallest absolute Gasteiger partial charge is 0.224 e. The number of carbonyl (C=O) groups excluding carboxylic acids is 1. The fraction of sp³-hybridized carbons (Fsp3) is 0.538. The number of carbonyl (C=O) groups is 1. The van der Waals surface area contributed by atoms with Gasteiger partial charge in [0.05, 0.1) is 12.0 Å². The van der Waals surface area contributed by atoms with Crippen molar-refractivity contribution < 1.29 is 4.79 Å². The molecule has 1 aromatic rings. The molecule has 0 aliphatic rings. The van der Waals surface area contributed by atoms with Crippen LogP contribution in [0.4, 0.5) is 0 Å². The summed E-state index contributed by atoms with van der Waals surface area (Å²) in [6.07, 6.45) is 5.26. The Kier molecular flexibility index (Phi) is 5.63. The molecule has 3 N–H and O–H groups in total. The van der Waals surface area contributed by atoms with Crippen LogP contribution in [0.2, 0.25) is 0 Å². The van der Waals surface area contributed by atoms with Crippen LogP contribution in [0, 0.1) is 5.92 Å². The van der Waals surface area contributed by atoms with Gasteiger partial charge in [-0.05, 0) is 31.0 Å². The van der Waals surface area contributed by atoms with Gasteiger partial charge in [-0.1, -0.05) is 13.3 Å². The lowest BCUT2D eigenvalue weighted by molar-refractivity contribution is -0.125. The summed E-state index contributed by atoms with van der Waals surface area (Å²) in [5, 5.41) is 2.99. The first-order valence-corrected chi connectivity index (χ1v) is 6.09. The number of rotatable bonds is 6. The predicted molar refractivity (Wildman–Crippen MR) is 68.2 cm³/mol. The van der Waals surface area contributed by atoms with Crippen molar-refractivity contribution in [3.8, 4) is 0 Å². The van der Waals surface area contributed by atoms with E-state index in [0.29, 0.717) is 6.54 Å². The highest BCUT2D eigenvalue weighted by atomic mass is 16.1. The van der Waals surface area contributed by atoms with E-state index in [0.717, 1.165) is 18.4 Å². The van der Waals surface area contributed by atoms with E-state index in [2.05, 4.69) is 17.2 Å². The molecule has 4 heteroatoms. The largest absolute Gasteiger partial charge is 0.349 e. The quantitative estimate of drug-likeness (QED) is 0.787. The molecule has 1 amide bonds. The molecule has 0 bridgehead atoms. The third kappa shape index (κ3) is 4.15. The minimum absolute atomic E-state index is 0.00333. The van der Waals surface area contributed by atoms with E-state index < -0.39 is 0 Å². The molecule has 1 unspecified atom stereocenters. The van der Waals surface area contributed by atoms with Crippen LogP contribution >= 0.6 is 0 Å². The van der Waals surface area contributed by atoms with Gasteiger partial charge < -0.3 is 11.1 Å². The van der Waals surface area contributed by atoms with E-state index in [1.165, 1.54) is 0 Å². The third-order valence-electron chi connectivity index (χ3n) is 2.86. The summed E-state index contributed by atoms with van der Waals surface area (Å²) in [6.45, 7) is 4.43. The molecule has 0 radical (unpaired) electrons. The van der Waals surface area contributed by atoms with Gasteiger partial charge in [-0.2, -0.15) is 0 Å². The maximum Gasteiger partial charge on any atom is 0.224 e. The summed E-state index contributed by atoms with van der Waals surface area (Å²) in [5.74, 6) is -0.0389. The van der Waals surface area contributed by atoms with Crippen LogP contribution in [0.15, 0.2) is 24.5 Å². The van der Waals surface area contributed by atoms with Crippen LogP contribution in [-0.4, -0.2) is 17.4 Å². The van der Waals surface area contributed by atoms with E-state index in [4.69, 9.17) is 5.73 Å². The van der Waals surface area contributed by atoms with Gasteiger partial charge in [0.2, 0.25) is 5.91 Å². The number of hydrogen-bond acceptors (Lipinski definition) is 3. The normalized spacial score (nSPS) is 14.1. The Balaban J connectivity index is 2.56. The predicted octanol–water partition coefficient (Wildman–Crippen LogP) is 1.63. The maximum absolute atomic E-state index is 11.9. The lowest BCUT2D eigenvalue weighted by atomic mass is 10.0. The van der Waals surface area contributed by atoms with Crippen LogP contribution in [0.5, 0.6) is 0 Å². The summed E-state index contributed by atoms with van der Waals surface area (Å²) in [5.41, 5.74) is 6.66. The first-order valence-electron chi connectivity index (χ1n) is 6.09. The van der Waals surface area contributed by atoms with Crippen molar-refractivity contribution in [1.29, 1.82) is 0 Å². The maximum atomic E-state index is 11.9. The summed E-state index contributed by atoms with van der Waals surface area (Å²) < 4.78 is 0. The van der Waals surface area contributed by atoms with Gasteiger partial charge >= 0.3 is 0 Å². The second kappa shape index (κ2) is 7.01. The Hall–Kier alpha value is -1.42. The van der Waals surface area contributed by atoms with Crippen LogP contribution in [0.3, 0.4) is 0 Å². The van der Waals surface area contributed by atoms with Crippen LogP contribution in [0.25, 0.3) is 0 Å². The van der Waals surface area contributed by atoms with Crippen molar-refractivity contribution in [2.75, 3.05) is 6.54 Å². The van der Waals surface area contributed by atoms with E-state index in [-0.39, 0.29) is 17.9 Å². The van der Waals surface area contributed by atoms with Crippen molar-refractivity contribution in [3.05, 3.63) is 30.1 Å². The molecule has 4 nitrogen and oxygen atoms in total. The van der Waals surface area contributed by atoms with Crippen molar-refractivity contribution in [2.45, 2.75) is 32.7 Å². The van der Waals surface area contributed by atoms with Gasteiger partial charge in [0.25, 0.3) is 0 Å². The summed E-state index contributed by atoms with van der Waals surface area (Å²) in [6, 6.07) is 3.81. The minimum atomic E-state index is -0.0794. The Bertz CT molecular complexity index is 340. The number of nitrogens with zero attached hydrogens (tertiary/aromatic N) is 1. The number of amides is 1. The number of hydrogen-bond donors (Lipinski definition) is 2. The van der Waals surface area contributed by atoms with E-state index >= 15 is 0 Å². The Morgan fingerprint density at radius 3 is 2.65 bits per heavy atom. The summed E-state index contributed by atoms with van der Waals surface area (Å²) >= 11 is 0. The summed E-state index contributed by atoms with van der Waals surface area (Å²) in [7, 11) is 0. The Labute approximate surface area is 103 Å². The third-order valence-corrected chi connectivity index (χ3v) is 2.86. The fourth-order valence-electron chi connectivity index (χ4n) is 1.77. The second-order valence-corrected chi connectivity index (χ2v) is 4.23. The van der Waals surface area contributed by atoms with E-state index in [1.807, 2.05) is 19.1 Å². The number of nitrogens with one attached hydrogen (secondary N) is 1. The van der Waals surface area contributed by atoms with Gasteiger partial charge in [0.15, 0.2) is 0 Å². The molecule has 0 fully saturated rings. The van der Waals surface area contributed by atoms with Gasteiger partial charge in [-0.3, -0.25) is 9.78 Å². The zero-order valence-corrected chi connectivity index (χ0v) is 10.5. The molecule has 1 aromatic heterocycles. The monoisotopic (exact) mass is 235 g/mol. The molecule has 0 aliphatic carbocycles. The molecule has 0 aliphatic heterocycles. The number of aromatic nitrogens is 1. The van der Waals surface area contributed by atoms with Gasteiger partial charge in [-0.25, -0.2) is 0 Å². The zero-order valence-electron chi connectivity index (χ0n) is 10.5. The van der Waals surface area contributed by atoms with Gasteiger partial charge in [0, 0.05) is 18.9 Å². The molecule has 1 heterocycles. The van der Waals surface area contributed by atoms with E-state index in [1.54, 1.807) is 12.4 Å². The average Bonchev–Trinajstić information content (AvgIpc) is 2.36. The van der Waals surface area contributed by atoms with Gasteiger partial charge in [-0.15, -0.1) is 0 Å². The van der Waals surface area contributed by atoms with Crippen molar-refractivity contribution >= 4 is 5.91 Å². The highest BCUT2D eigenvalue weighted by molar-refractivity contribution is 5.79. The molecule has 2 atom stereocenters. The number of pyridine rings is 1. The zero-order chi connectivity index (χ0) is 12.7. The highest BCUT2D eigenvalue weighted by Crippen LogP contribution is 2.12. The average molecular weight is 235 g/mol. The first-order chi connectivity index (χ1) is 8.19. The lowest BCUT2D eigenvalue weighted by Gasteiger charge is -2.19. The van der Waals surface area contributed by atoms with Crippen LogP contribution in [-0.2, 0) is 4.79 Å². The Morgan fingerprint density at radius 1 is 1.47 bits per heavy atom. The van der Waals surface area contributed by atoms with Gasteiger partial charge in [0.1, 0.15) is 0 Å². The minimum Gasteiger partial charge on any atom is -0.349 e. The molecule has 0 aromatic carbocycles. The van der Waals surface area contributed by atoms with Crippen molar-refractivity contribution in [3.63, 3.8) is 0 Å². The molecule has 17 heavy (non-hydrogen) atoms. The van der Waals surface area contributed by atoms with E-state index in [9.17, 15) is 4.79 Å². The molecule has 1 rings (SSSR count). The molecule has 0 saturated heterocycles. The van der Waals surface area contributed by atoms with Crippen molar-refractivity contribution in [2.24, 2.45) is 11.7 Å². The number of nitrogens with two attached hydrogens (primary N) is 1. The van der Waals surface area contributed by atoms with Crippen LogP contribution < -0.4 is 11.1 Å².